The van der Waals surface area contributed by atoms with E-state index in [9.17, 15) is 9.59 Å². The van der Waals surface area contributed by atoms with Gasteiger partial charge < -0.3 is 4.74 Å². The van der Waals surface area contributed by atoms with Crippen LogP contribution in [0.3, 0.4) is 0 Å². The zero-order chi connectivity index (χ0) is 21.4. The number of benzene rings is 2. The number of hydrogen-bond donors (Lipinski definition) is 0. The predicted molar refractivity (Wildman–Crippen MR) is 118 cm³/mol. The van der Waals surface area contributed by atoms with Crippen LogP contribution in [0.2, 0.25) is 0 Å². The fourth-order valence-corrected chi connectivity index (χ4v) is 4.15. The molecular formula is C24H24BrNO3. The molecule has 0 saturated heterocycles. The van der Waals surface area contributed by atoms with Gasteiger partial charge in [0.05, 0.1) is 5.69 Å². The molecule has 0 fully saturated rings. The fraction of sp³-hybridized carbons (Fsp3) is 0.292. The maximum atomic E-state index is 13.9. The summed E-state index contributed by atoms with van der Waals surface area (Å²) in [6.07, 6.45) is 1.41. The van der Waals surface area contributed by atoms with Crippen molar-refractivity contribution in [3.05, 3.63) is 82.0 Å². The number of carbonyl (C=O) groups is 2. The summed E-state index contributed by atoms with van der Waals surface area (Å²) in [7, 11) is 0. The van der Waals surface area contributed by atoms with Gasteiger partial charge >= 0.3 is 6.09 Å². The van der Waals surface area contributed by atoms with E-state index in [0.717, 1.165) is 26.1 Å². The second-order valence-corrected chi connectivity index (χ2v) is 9.03. The van der Waals surface area contributed by atoms with Crippen molar-refractivity contribution >= 4 is 33.6 Å². The molecule has 5 heteroatoms. The first-order valence-corrected chi connectivity index (χ1v) is 10.2. The number of ether oxygens (including phenoxy) is 1. The summed E-state index contributed by atoms with van der Waals surface area (Å²) in [6.45, 7) is 11.0. The third-order valence-corrected chi connectivity index (χ3v) is 5.46. The normalized spacial score (nSPS) is 18.2. The van der Waals surface area contributed by atoms with E-state index < -0.39 is 17.1 Å². The third-order valence-electron chi connectivity index (χ3n) is 4.96. The molecule has 0 N–H and O–H groups in total. The molecule has 1 aliphatic rings. The Morgan fingerprint density at radius 3 is 2.55 bits per heavy atom. The minimum absolute atomic E-state index is 0.333. The molecule has 0 aliphatic carbocycles. The lowest BCUT2D eigenvalue weighted by molar-refractivity contribution is -0.121. The van der Waals surface area contributed by atoms with Crippen molar-refractivity contribution in [1.82, 2.24) is 0 Å². The van der Waals surface area contributed by atoms with Crippen molar-refractivity contribution in [2.24, 2.45) is 0 Å². The van der Waals surface area contributed by atoms with Crippen LogP contribution >= 0.6 is 15.9 Å². The summed E-state index contributed by atoms with van der Waals surface area (Å²) in [4.78, 5) is 28.1. The van der Waals surface area contributed by atoms with Crippen molar-refractivity contribution in [2.75, 3.05) is 4.90 Å². The highest BCUT2D eigenvalue weighted by Gasteiger charge is 2.54. The summed E-state index contributed by atoms with van der Waals surface area (Å²) in [5.41, 5.74) is 4.12. The van der Waals surface area contributed by atoms with E-state index in [0.29, 0.717) is 12.1 Å². The lowest BCUT2D eigenvalue weighted by Gasteiger charge is -2.30. The highest BCUT2D eigenvalue weighted by molar-refractivity contribution is 9.10. The zero-order valence-electron chi connectivity index (χ0n) is 17.1. The average Bonchev–Trinajstić information content (AvgIpc) is 2.87. The van der Waals surface area contributed by atoms with E-state index in [1.807, 2.05) is 43.3 Å². The maximum absolute atomic E-state index is 13.9. The van der Waals surface area contributed by atoms with Gasteiger partial charge in [0.2, 0.25) is 0 Å². The number of hydrogen-bond acceptors (Lipinski definition) is 3. The van der Waals surface area contributed by atoms with Crippen molar-refractivity contribution in [2.45, 2.75) is 45.1 Å². The lowest BCUT2D eigenvalue weighted by Crippen LogP contribution is -2.46. The van der Waals surface area contributed by atoms with Crippen LogP contribution in [-0.4, -0.2) is 17.6 Å². The molecule has 3 rings (SSSR count). The van der Waals surface area contributed by atoms with Crippen LogP contribution in [0.25, 0.3) is 0 Å². The van der Waals surface area contributed by atoms with Crippen molar-refractivity contribution in [3.8, 4) is 0 Å². The molecular weight excluding hydrogens is 430 g/mol. The Kier molecular flexibility index (Phi) is 5.57. The Balaban J connectivity index is 2.30. The molecule has 0 bridgehead atoms. The smallest absolute Gasteiger partial charge is 0.421 e. The van der Waals surface area contributed by atoms with Gasteiger partial charge in [0.1, 0.15) is 11.0 Å². The van der Waals surface area contributed by atoms with Gasteiger partial charge in [-0.2, -0.15) is 0 Å². The molecule has 1 heterocycles. The van der Waals surface area contributed by atoms with Crippen LogP contribution in [0.5, 0.6) is 0 Å². The molecule has 0 radical (unpaired) electrons. The number of anilines is 1. The van der Waals surface area contributed by atoms with E-state index in [4.69, 9.17) is 4.74 Å². The Labute approximate surface area is 180 Å². The molecule has 29 heavy (non-hydrogen) atoms. The molecule has 150 valence electrons. The third kappa shape index (κ3) is 3.68. The SMILES string of the molecule is C=C=CC[C@]1(c2ccccc2C)C(=O)N(C(=O)OC(C)(C)C)c2cc(Br)ccc21. The Bertz CT molecular complexity index is 1030. The summed E-state index contributed by atoms with van der Waals surface area (Å²) in [5.74, 6) is -0.333. The van der Waals surface area contributed by atoms with E-state index in [-0.39, 0.29) is 5.91 Å². The van der Waals surface area contributed by atoms with Gasteiger partial charge in [-0.25, -0.2) is 9.69 Å². The topological polar surface area (TPSA) is 46.6 Å². The number of aryl methyl sites for hydroxylation is 1. The number of halogens is 1. The van der Waals surface area contributed by atoms with Crippen LogP contribution in [0.4, 0.5) is 10.5 Å². The Morgan fingerprint density at radius 2 is 1.93 bits per heavy atom. The summed E-state index contributed by atoms with van der Waals surface area (Å²) < 4.78 is 6.34. The average molecular weight is 454 g/mol. The first kappa shape index (κ1) is 21.1. The Hall–Kier alpha value is -2.62. The van der Waals surface area contributed by atoms with E-state index in [2.05, 4.69) is 28.2 Å². The zero-order valence-corrected chi connectivity index (χ0v) is 18.7. The molecule has 2 amide bonds. The molecule has 2 aromatic carbocycles. The molecule has 1 atom stereocenters. The van der Waals surface area contributed by atoms with Gasteiger partial charge in [0.25, 0.3) is 5.91 Å². The minimum atomic E-state index is -1.05. The van der Waals surface area contributed by atoms with Crippen LogP contribution < -0.4 is 4.90 Å². The van der Waals surface area contributed by atoms with Crippen LogP contribution in [0.15, 0.2) is 65.3 Å². The number of carbonyl (C=O) groups excluding carboxylic acids is 2. The van der Waals surface area contributed by atoms with E-state index in [1.165, 1.54) is 0 Å². The first-order chi connectivity index (χ1) is 13.6. The number of imide groups is 1. The Morgan fingerprint density at radius 1 is 1.24 bits per heavy atom. The van der Waals surface area contributed by atoms with Crippen molar-refractivity contribution < 1.29 is 14.3 Å². The van der Waals surface area contributed by atoms with Gasteiger partial charge in [0, 0.05) is 4.47 Å². The summed E-state index contributed by atoms with van der Waals surface area (Å²) in [5, 5.41) is 0. The second-order valence-electron chi connectivity index (χ2n) is 8.11. The highest BCUT2D eigenvalue weighted by atomic mass is 79.9. The van der Waals surface area contributed by atoms with Gasteiger partial charge in [-0.1, -0.05) is 52.8 Å². The number of rotatable bonds is 3. The molecule has 4 nitrogen and oxygen atoms in total. The number of allylic oxidation sites excluding steroid dienone is 1. The number of nitrogens with zero attached hydrogens (tertiary/aromatic N) is 1. The fourth-order valence-electron chi connectivity index (χ4n) is 3.80. The highest BCUT2D eigenvalue weighted by Crippen LogP contribution is 2.50. The number of fused-ring (bicyclic) bond motifs is 1. The molecule has 0 spiro atoms. The van der Waals surface area contributed by atoms with Gasteiger partial charge in [-0.05, 0) is 69.0 Å². The predicted octanol–water partition coefficient (Wildman–Crippen LogP) is 6.06. The van der Waals surface area contributed by atoms with Crippen molar-refractivity contribution in [3.63, 3.8) is 0 Å². The quantitative estimate of drug-likeness (QED) is 0.530. The van der Waals surface area contributed by atoms with Gasteiger partial charge in [0.15, 0.2) is 0 Å². The largest absolute Gasteiger partial charge is 0.443 e. The second kappa shape index (κ2) is 7.66. The van der Waals surface area contributed by atoms with Crippen LogP contribution in [0.1, 0.15) is 43.9 Å². The number of amides is 2. The molecule has 1 aliphatic heterocycles. The molecule has 0 saturated carbocycles. The molecule has 0 aromatic heterocycles. The minimum Gasteiger partial charge on any atom is -0.443 e. The van der Waals surface area contributed by atoms with E-state index >= 15 is 0 Å². The molecule has 2 aromatic rings. The monoisotopic (exact) mass is 453 g/mol. The van der Waals surface area contributed by atoms with Gasteiger partial charge in [-0.15, -0.1) is 5.73 Å². The van der Waals surface area contributed by atoms with Crippen molar-refractivity contribution in [1.29, 1.82) is 0 Å². The molecule has 0 unspecified atom stereocenters. The van der Waals surface area contributed by atoms with E-state index in [1.54, 1.807) is 32.9 Å². The summed E-state index contributed by atoms with van der Waals surface area (Å²) in [6, 6.07) is 13.3. The van der Waals surface area contributed by atoms with Gasteiger partial charge in [-0.3, -0.25) is 4.79 Å². The summed E-state index contributed by atoms with van der Waals surface area (Å²) >= 11 is 3.46. The van der Waals surface area contributed by atoms with Crippen LogP contribution in [0, 0.1) is 6.92 Å². The first-order valence-electron chi connectivity index (χ1n) is 9.40. The maximum Gasteiger partial charge on any atom is 0.421 e. The standard InChI is InChI=1S/C24H24BrNO3/c1-6-7-14-24(18-11-9-8-10-16(18)2)19-13-12-17(25)15-20(19)26(21(24)27)22(28)29-23(3,4)5/h7-13,15H,1,14H2,2-5H3/t24-/m1/s1. The lowest BCUT2D eigenvalue weighted by atomic mass is 9.71. The van der Waals surface area contributed by atoms with Crippen LogP contribution in [-0.2, 0) is 14.9 Å².